The number of hydrogen-bond donors (Lipinski definition) is 2. The maximum Gasteiger partial charge on any atom is 0.221 e. The van der Waals surface area contributed by atoms with Crippen molar-refractivity contribution < 1.29 is 9.18 Å². The number of carbonyl (C=O) groups is 1. The molecule has 0 aliphatic carbocycles. The fourth-order valence-electron chi connectivity index (χ4n) is 2.07. The maximum atomic E-state index is 13.3. The fourth-order valence-corrected chi connectivity index (χ4v) is 2.07. The van der Waals surface area contributed by atoms with Gasteiger partial charge in [0.25, 0.3) is 0 Å². The van der Waals surface area contributed by atoms with Crippen LogP contribution in [0.5, 0.6) is 0 Å². The van der Waals surface area contributed by atoms with Gasteiger partial charge in [0.2, 0.25) is 5.91 Å². The van der Waals surface area contributed by atoms with Gasteiger partial charge < -0.3 is 10.6 Å². The van der Waals surface area contributed by atoms with Crippen molar-refractivity contribution >= 4 is 5.91 Å². The molecule has 0 aliphatic rings. The number of benzene rings is 1. The average Bonchev–Trinajstić information content (AvgIpc) is 2.32. The number of amides is 1. The summed E-state index contributed by atoms with van der Waals surface area (Å²) in [5, 5.41) is 5.93. The summed E-state index contributed by atoms with van der Waals surface area (Å²) in [5.74, 6) is -0.237. The van der Waals surface area contributed by atoms with Crippen LogP contribution in [-0.2, 0) is 4.79 Å². The van der Waals surface area contributed by atoms with Gasteiger partial charge in [0.15, 0.2) is 0 Å². The van der Waals surface area contributed by atoms with Gasteiger partial charge in [0, 0.05) is 26.1 Å². The minimum atomic E-state index is -0.236. The van der Waals surface area contributed by atoms with Crippen LogP contribution in [0.25, 0.3) is 0 Å². The van der Waals surface area contributed by atoms with Crippen molar-refractivity contribution in [2.24, 2.45) is 5.41 Å². The van der Waals surface area contributed by atoms with Crippen LogP contribution in [-0.4, -0.2) is 19.5 Å². The van der Waals surface area contributed by atoms with Crippen molar-refractivity contribution in [3.63, 3.8) is 0 Å². The predicted molar refractivity (Wildman–Crippen MR) is 75.3 cm³/mol. The molecule has 0 spiro atoms. The Hall–Kier alpha value is -1.42. The molecule has 1 amide bonds. The summed E-state index contributed by atoms with van der Waals surface area (Å²) in [6.07, 6.45) is 0.415. The van der Waals surface area contributed by atoms with E-state index in [0.29, 0.717) is 13.0 Å². The van der Waals surface area contributed by atoms with Crippen LogP contribution in [0.3, 0.4) is 0 Å². The van der Waals surface area contributed by atoms with Gasteiger partial charge >= 0.3 is 0 Å². The Kier molecular flexibility index (Phi) is 5.48. The predicted octanol–water partition coefficient (Wildman–Crippen LogP) is 2.64. The van der Waals surface area contributed by atoms with Crippen molar-refractivity contribution in [1.82, 2.24) is 10.6 Å². The first-order valence-electron chi connectivity index (χ1n) is 6.54. The Morgan fingerprint density at radius 1 is 1.37 bits per heavy atom. The molecule has 0 saturated carbocycles. The summed E-state index contributed by atoms with van der Waals surface area (Å²) in [7, 11) is 1.62. The van der Waals surface area contributed by atoms with Crippen molar-refractivity contribution in [1.29, 1.82) is 0 Å². The van der Waals surface area contributed by atoms with E-state index < -0.39 is 0 Å². The summed E-state index contributed by atoms with van der Waals surface area (Å²) < 4.78 is 13.3. The summed E-state index contributed by atoms with van der Waals surface area (Å²) in [6, 6.07) is 6.61. The van der Waals surface area contributed by atoms with Gasteiger partial charge in [0.1, 0.15) is 5.82 Å². The third-order valence-electron chi connectivity index (χ3n) is 3.03. The first-order chi connectivity index (χ1) is 8.84. The summed E-state index contributed by atoms with van der Waals surface area (Å²) in [4.78, 5) is 11.2. The van der Waals surface area contributed by atoms with Gasteiger partial charge in [-0.25, -0.2) is 4.39 Å². The van der Waals surface area contributed by atoms with Gasteiger partial charge in [-0.1, -0.05) is 32.9 Å². The van der Waals surface area contributed by atoms with Gasteiger partial charge in [-0.15, -0.1) is 0 Å². The first kappa shape index (κ1) is 15.6. The van der Waals surface area contributed by atoms with E-state index in [1.165, 1.54) is 6.07 Å². The number of halogens is 1. The second-order valence-corrected chi connectivity index (χ2v) is 5.73. The van der Waals surface area contributed by atoms with Crippen LogP contribution in [0.4, 0.5) is 4.39 Å². The van der Waals surface area contributed by atoms with Crippen LogP contribution in [0.15, 0.2) is 24.3 Å². The van der Waals surface area contributed by atoms with E-state index >= 15 is 0 Å². The number of carbonyl (C=O) groups excluding carboxylic acids is 1. The lowest BCUT2D eigenvalue weighted by atomic mass is 9.82. The molecule has 106 valence electrons. The lowest BCUT2D eigenvalue weighted by molar-refractivity contribution is -0.120. The van der Waals surface area contributed by atoms with Crippen LogP contribution in [0, 0.1) is 11.2 Å². The fraction of sp³-hybridized carbons (Fsp3) is 0.533. The molecule has 1 atom stereocenters. The molecule has 19 heavy (non-hydrogen) atoms. The topological polar surface area (TPSA) is 41.1 Å². The third-order valence-corrected chi connectivity index (χ3v) is 3.03. The SMILES string of the molecule is CNC(=O)CCN[C@H](c1cccc(F)c1)C(C)(C)C. The van der Waals surface area contributed by atoms with Gasteiger partial charge in [-0.2, -0.15) is 0 Å². The minimum absolute atomic E-state index is 0.000554. The van der Waals surface area contributed by atoms with E-state index in [1.807, 2.05) is 6.07 Å². The molecule has 1 rings (SSSR count). The molecule has 1 aromatic rings. The van der Waals surface area contributed by atoms with Crippen molar-refractivity contribution in [3.05, 3.63) is 35.6 Å². The zero-order valence-electron chi connectivity index (χ0n) is 12.1. The molecule has 1 aromatic carbocycles. The van der Waals surface area contributed by atoms with Crippen LogP contribution in [0.2, 0.25) is 0 Å². The van der Waals surface area contributed by atoms with E-state index in [2.05, 4.69) is 31.4 Å². The molecular weight excluding hydrogens is 243 g/mol. The minimum Gasteiger partial charge on any atom is -0.359 e. The molecule has 2 N–H and O–H groups in total. The summed E-state index contributed by atoms with van der Waals surface area (Å²) in [5.41, 5.74) is 0.848. The van der Waals surface area contributed by atoms with E-state index in [4.69, 9.17) is 0 Å². The molecule has 4 heteroatoms. The second-order valence-electron chi connectivity index (χ2n) is 5.73. The largest absolute Gasteiger partial charge is 0.359 e. The first-order valence-corrected chi connectivity index (χ1v) is 6.54. The van der Waals surface area contributed by atoms with E-state index in [9.17, 15) is 9.18 Å². The molecular formula is C15H23FN2O. The number of hydrogen-bond acceptors (Lipinski definition) is 2. The molecule has 0 heterocycles. The zero-order chi connectivity index (χ0) is 14.5. The highest BCUT2D eigenvalue weighted by atomic mass is 19.1. The van der Waals surface area contributed by atoms with Crippen LogP contribution in [0.1, 0.15) is 38.8 Å². The molecule has 3 nitrogen and oxygen atoms in total. The second kappa shape index (κ2) is 6.66. The van der Waals surface area contributed by atoms with E-state index in [0.717, 1.165) is 5.56 Å². The smallest absolute Gasteiger partial charge is 0.221 e. The summed E-state index contributed by atoms with van der Waals surface area (Å²) in [6.45, 7) is 6.85. The lowest BCUT2D eigenvalue weighted by Crippen LogP contribution is -2.34. The quantitative estimate of drug-likeness (QED) is 0.860. The lowest BCUT2D eigenvalue weighted by Gasteiger charge is -2.32. The number of rotatable bonds is 5. The molecule has 0 bridgehead atoms. The Balaban J connectivity index is 2.76. The molecule has 0 aromatic heterocycles. The molecule has 0 radical (unpaired) electrons. The Bertz CT molecular complexity index is 426. The Morgan fingerprint density at radius 3 is 2.58 bits per heavy atom. The Labute approximate surface area is 114 Å². The monoisotopic (exact) mass is 266 g/mol. The molecule has 0 fully saturated rings. The van der Waals surface area contributed by atoms with Crippen molar-refractivity contribution in [2.75, 3.05) is 13.6 Å². The maximum absolute atomic E-state index is 13.3. The molecule has 0 aliphatic heterocycles. The van der Waals surface area contributed by atoms with Crippen LogP contribution >= 0.6 is 0 Å². The highest BCUT2D eigenvalue weighted by Gasteiger charge is 2.26. The Morgan fingerprint density at radius 2 is 2.05 bits per heavy atom. The normalized spacial score (nSPS) is 13.1. The van der Waals surface area contributed by atoms with Crippen LogP contribution < -0.4 is 10.6 Å². The van der Waals surface area contributed by atoms with Gasteiger partial charge in [0.05, 0.1) is 0 Å². The van der Waals surface area contributed by atoms with Gasteiger partial charge in [-0.05, 0) is 23.1 Å². The average molecular weight is 266 g/mol. The van der Waals surface area contributed by atoms with E-state index in [-0.39, 0.29) is 23.2 Å². The van der Waals surface area contributed by atoms with E-state index in [1.54, 1.807) is 19.2 Å². The summed E-state index contributed by atoms with van der Waals surface area (Å²) >= 11 is 0. The molecule has 0 unspecified atom stereocenters. The highest BCUT2D eigenvalue weighted by molar-refractivity contribution is 5.75. The number of nitrogens with one attached hydrogen (secondary N) is 2. The van der Waals surface area contributed by atoms with Crippen molar-refractivity contribution in [2.45, 2.75) is 33.2 Å². The van der Waals surface area contributed by atoms with Gasteiger partial charge in [-0.3, -0.25) is 4.79 Å². The molecule has 0 saturated heterocycles. The zero-order valence-corrected chi connectivity index (χ0v) is 12.1. The third kappa shape index (κ3) is 4.99. The standard InChI is InChI=1S/C15H23FN2O/c1-15(2,3)14(18-9-8-13(19)17-4)11-6-5-7-12(16)10-11/h5-7,10,14,18H,8-9H2,1-4H3,(H,17,19)/t14-/m1/s1. The van der Waals surface area contributed by atoms with Crippen molar-refractivity contribution in [3.8, 4) is 0 Å². The highest BCUT2D eigenvalue weighted by Crippen LogP contribution is 2.32.